The van der Waals surface area contributed by atoms with Gasteiger partial charge in [0.15, 0.2) is 5.82 Å². The third-order valence-electron chi connectivity index (χ3n) is 7.28. The van der Waals surface area contributed by atoms with Crippen LogP contribution in [0.4, 0.5) is 13.2 Å². The van der Waals surface area contributed by atoms with Crippen LogP contribution in [0, 0.1) is 12.8 Å². The Morgan fingerprint density at radius 3 is 2.66 bits per heavy atom. The molecule has 1 aromatic heterocycles. The van der Waals surface area contributed by atoms with Gasteiger partial charge in [0.05, 0.1) is 11.8 Å². The van der Waals surface area contributed by atoms with Crippen molar-refractivity contribution >= 4 is 5.91 Å². The number of nitrogens with zero attached hydrogens (tertiary/aromatic N) is 3. The Morgan fingerprint density at radius 2 is 1.97 bits per heavy atom. The molecule has 7 nitrogen and oxygen atoms in total. The van der Waals surface area contributed by atoms with Crippen LogP contribution in [0.25, 0.3) is 11.1 Å². The zero-order valence-electron chi connectivity index (χ0n) is 21.9. The summed E-state index contributed by atoms with van der Waals surface area (Å²) < 4.78 is 47.8. The summed E-state index contributed by atoms with van der Waals surface area (Å²) in [5, 5.41) is 6.88. The van der Waals surface area contributed by atoms with Gasteiger partial charge in [0, 0.05) is 25.2 Å². The molecule has 2 atom stereocenters. The van der Waals surface area contributed by atoms with Crippen molar-refractivity contribution < 1.29 is 27.2 Å². The van der Waals surface area contributed by atoms with Crippen molar-refractivity contribution in [3.05, 3.63) is 64.8 Å². The van der Waals surface area contributed by atoms with Crippen molar-refractivity contribution in [2.45, 2.75) is 71.4 Å². The molecule has 2 heterocycles. The maximum atomic E-state index is 12.9. The van der Waals surface area contributed by atoms with E-state index in [2.05, 4.69) is 45.9 Å². The molecule has 1 aliphatic carbocycles. The van der Waals surface area contributed by atoms with E-state index in [9.17, 15) is 18.0 Å². The highest BCUT2D eigenvalue weighted by Gasteiger charge is 2.47. The van der Waals surface area contributed by atoms with E-state index in [-0.39, 0.29) is 29.0 Å². The molecule has 0 unspecified atom stereocenters. The molecular formula is C28H31F3N4O3. The van der Waals surface area contributed by atoms with Crippen molar-refractivity contribution in [1.29, 1.82) is 0 Å². The first-order valence-corrected chi connectivity index (χ1v) is 12.7. The third-order valence-corrected chi connectivity index (χ3v) is 7.28. The summed E-state index contributed by atoms with van der Waals surface area (Å²) in [7, 11) is 0. The van der Waals surface area contributed by atoms with E-state index in [0.717, 1.165) is 35.2 Å². The number of aryl methyl sites for hydroxylation is 1. The number of benzene rings is 2. The van der Waals surface area contributed by atoms with Crippen molar-refractivity contribution in [1.82, 2.24) is 20.4 Å². The lowest BCUT2D eigenvalue weighted by atomic mass is 9.86. The minimum atomic E-state index is -4.75. The highest BCUT2D eigenvalue weighted by molar-refractivity contribution is 5.82. The summed E-state index contributed by atoms with van der Waals surface area (Å²) in [6.07, 6.45) is -3.33. The van der Waals surface area contributed by atoms with Gasteiger partial charge in [-0.05, 0) is 80.5 Å². The zero-order chi connectivity index (χ0) is 27.2. The molecule has 1 saturated carbocycles. The van der Waals surface area contributed by atoms with E-state index in [1.54, 1.807) is 19.1 Å². The van der Waals surface area contributed by atoms with Crippen LogP contribution >= 0.6 is 0 Å². The predicted molar refractivity (Wildman–Crippen MR) is 134 cm³/mol. The fourth-order valence-corrected chi connectivity index (χ4v) is 5.14. The number of hydrogen-bond acceptors (Lipinski definition) is 6. The number of hydrogen-bond donors (Lipinski definition) is 1. The van der Waals surface area contributed by atoms with Gasteiger partial charge in [-0.1, -0.05) is 29.4 Å². The summed E-state index contributed by atoms with van der Waals surface area (Å²) in [6, 6.07) is 9.98. The fourth-order valence-electron chi connectivity index (χ4n) is 5.14. The molecule has 38 heavy (non-hydrogen) atoms. The van der Waals surface area contributed by atoms with E-state index in [1.165, 1.54) is 12.1 Å². The van der Waals surface area contributed by atoms with Gasteiger partial charge >= 0.3 is 6.36 Å². The first kappa shape index (κ1) is 26.2. The minimum Gasteiger partial charge on any atom is -0.406 e. The standard InChI is InChI=1S/C28H31F3N4O3/c1-16-33-26(38-34-16)23-13-22(23)25(36)32-14-18-8-9-20(17-6-5-7-19(12-17)37-28(29,30)31)21-10-11-35(15-24(18)21)27(2,3)4/h5-9,12,22-23H,10-11,13-15H2,1-4H3,(H,32,36)/t22-,23-/m1/s1. The molecule has 0 bridgehead atoms. The Kier molecular flexibility index (Phi) is 6.71. The van der Waals surface area contributed by atoms with Gasteiger partial charge in [-0.3, -0.25) is 9.69 Å². The summed E-state index contributed by atoms with van der Waals surface area (Å²) >= 11 is 0. The lowest BCUT2D eigenvalue weighted by Gasteiger charge is -2.40. The van der Waals surface area contributed by atoms with E-state index in [1.807, 2.05) is 12.1 Å². The molecule has 0 saturated heterocycles. The van der Waals surface area contributed by atoms with Gasteiger partial charge in [0.25, 0.3) is 0 Å². The van der Waals surface area contributed by atoms with Crippen molar-refractivity contribution in [3.63, 3.8) is 0 Å². The number of halogens is 3. The number of rotatable bonds is 6. The van der Waals surface area contributed by atoms with Gasteiger partial charge in [0.1, 0.15) is 5.75 Å². The van der Waals surface area contributed by atoms with Gasteiger partial charge in [0.2, 0.25) is 11.8 Å². The van der Waals surface area contributed by atoms with Gasteiger partial charge in [-0.2, -0.15) is 4.98 Å². The van der Waals surface area contributed by atoms with Crippen LogP contribution in [0.15, 0.2) is 40.9 Å². The smallest absolute Gasteiger partial charge is 0.406 e. The second-order valence-electron chi connectivity index (χ2n) is 11.0. The molecule has 202 valence electrons. The average molecular weight is 529 g/mol. The molecular weight excluding hydrogens is 497 g/mol. The number of aromatic nitrogens is 2. The number of nitrogens with one attached hydrogen (secondary N) is 1. The lowest BCUT2D eigenvalue weighted by molar-refractivity contribution is -0.274. The van der Waals surface area contributed by atoms with Gasteiger partial charge in [-0.15, -0.1) is 13.2 Å². The topological polar surface area (TPSA) is 80.5 Å². The molecule has 5 rings (SSSR count). The maximum Gasteiger partial charge on any atom is 0.573 e. The Labute approximate surface area is 219 Å². The second kappa shape index (κ2) is 9.72. The Morgan fingerprint density at radius 1 is 1.18 bits per heavy atom. The normalized spacial score (nSPS) is 19.7. The number of fused-ring (bicyclic) bond motifs is 1. The first-order valence-electron chi connectivity index (χ1n) is 12.7. The third kappa shape index (κ3) is 5.70. The highest BCUT2D eigenvalue weighted by Crippen LogP contribution is 2.47. The highest BCUT2D eigenvalue weighted by atomic mass is 19.4. The molecule has 2 aliphatic rings. The van der Waals surface area contributed by atoms with Crippen LogP contribution in [-0.2, 0) is 24.3 Å². The zero-order valence-corrected chi connectivity index (χ0v) is 21.9. The molecule has 10 heteroatoms. The number of ether oxygens (including phenoxy) is 1. The molecule has 3 aromatic rings. The van der Waals surface area contributed by atoms with Crippen molar-refractivity contribution in [2.75, 3.05) is 6.54 Å². The monoisotopic (exact) mass is 528 g/mol. The number of carbonyl (C=O) groups is 1. The van der Waals surface area contributed by atoms with Crippen LogP contribution in [0.5, 0.6) is 5.75 Å². The van der Waals surface area contributed by atoms with Crippen molar-refractivity contribution in [3.8, 4) is 16.9 Å². The number of alkyl halides is 3. The van der Waals surface area contributed by atoms with Crippen molar-refractivity contribution in [2.24, 2.45) is 5.92 Å². The molecule has 1 aliphatic heterocycles. The predicted octanol–water partition coefficient (Wildman–Crippen LogP) is 5.52. The largest absolute Gasteiger partial charge is 0.573 e. The first-order chi connectivity index (χ1) is 17.9. The second-order valence-corrected chi connectivity index (χ2v) is 11.0. The average Bonchev–Trinajstić information content (AvgIpc) is 3.53. The number of amides is 1. The molecule has 1 amide bonds. The van der Waals surface area contributed by atoms with Gasteiger partial charge in [-0.25, -0.2) is 0 Å². The maximum absolute atomic E-state index is 12.9. The SMILES string of the molecule is Cc1noc([C@@H]2C[C@H]2C(=O)NCc2ccc(-c3cccc(OC(F)(F)F)c3)c3c2CN(C(C)(C)C)CC3)n1. The molecule has 1 N–H and O–H groups in total. The Balaban J connectivity index is 1.39. The quantitative estimate of drug-likeness (QED) is 0.454. The Bertz CT molecular complexity index is 1350. The van der Waals surface area contributed by atoms with Crippen LogP contribution in [0.1, 0.15) is 61.5 Å². The summed E-state index contributed by atoms with van der Waals surface area (Å²) in [6.45, 7) is 10.1. The van der Waals surface area contributed by atoms with Crippen LogP contribution in [0.3, 0.4) is 0 Å². The molecule has 0 radical (unpaired) electrons. The molecule has 1 fully saturated rings. The molecule has 2 aromatic carbocycles. The van der Waals surface area contributed by atoms with Crippen LogP contribution in [0.2, 0.25) is 0 Å². The van der Waals surface area contributed by atoms with Gasteiger partial charge < -0.3 is 14.6 Å². The van der Waals surface area contributed by atoms with Crippen LogP contribution < -0.4 is 10.1 Å². The molecule has 0 spiro atoms. The van der Waals surface area contributed by atoms with E-state index in [0.29, 0.717) is 36.8 Å². The number of carbonyl (C=O) groups excluding carboxylic acids is 1. The minimum absolute atomic E-state index is 0.0462. The van der Waals surface area contributed by atoms with E-state index >= 15 is 0 Å². The fraction of sp³-hybridized carbons (Fsp3) is 0.464. The lowest BCUT2D eigenvalue weighted by Crippen LogP contribution is -2.44. The van der Waals surface area contributed by atoms with Crippen LogP contribution in [-0.4, -0.2) is 39.4 Å². The summed E-state index contributed by atoms with van der Waals surface area (Å²) in [4.78, 5) is 19.5. The summed E-state index contributed by atoms with van der Waals surface area (Å²) in [5.41, 5.74) is 4.68. The Hall–Kier alpha value is -3.40. The van der Waals surface area contributed by atoms with E-state index < -0.39 is 6.36 Å². The summed E-state index contributed by atoms with van der Waals surface area (Å²) in [5.74, 6) is 0.521. The van der Waals surface area contributed by atoms with E-state index in [4.69, 9.17) is 4.52 Å².